The quantitative estimate of drug-likeness (QED) is 0.424. The van der Waals surface area contributed by atoms with Crippen LogP contribution in [0.4, 0.5) is 0 Å². The number of amides is 1. The fraction of sp³-hybridized carbons (Fsp3) is 0.367. The monoisotopic (exact) mass is 489 g/mol. The first-order chi connectivity index (χ1) is 17.6. The Hall–Kier alpha value is -3.03. The molecule has 1 heterocycles. The van der Waals surface area contributed by atoms with Gasteiger partial charge in [-0.1, -0.05) is 91.0 Å². The average Bonchev–Trinajstić information content (AvgIpc) is 2.90. The van der Waals surface area contributed by atoms with E-state index in [1.165, 1.54) is 6.92 Å². The average molecular weight is 490 g/mol. The third kappa shape index (κ3) is 7.48. The summed E-state index contributed by atoms with van der Waals surface area (Å²) < 4.78 is 25.4. The van der Waals surface area contributed by atoms with Crippen LogP contribution in [0.1, 0.15) is 30.5 Å². The summed E-state index contributed by atoms with van der Waals surface area (Å²) in [6.07, 6.45) is -1.51. The zero-order valence-corrected chi connectivity index (χ0v) is 20.9. The second-order valence-corrected chi connectivity index (χ2v) is 9.13. The summed E-state index contributed by atoms with van der Waals surface area (Å²) in [5.74, 6) is -0.135. The van der Waals surface area contributed by atoms with Crippen LogP contribution in [0.3, 0.4) is 0 Å². The minimum absolute atomic E-state index is 0.135. The molecule has 6 nitrogen and oxygen atoms in total. The van der Waals surface area contributed by atoms with Crippen LogP contribution in [0.5, 0.6) is 0 Å². The topological polar surface area (TPSA) is 66.0 Å². The Balaban J connectivity index is 1.53. The van der Waals surface area contributed by atoms with E-state index >= 15 is 0 Å². The summed E-state index contributed by atoms with van der Waals surface area (Å²) in [4.78, 5) is 12.1. The van der Waals surface area contributed by atoms with Crippen molar-refractivity contribution in [3.63, 3.8) is 0 Å². The molecule has 5 atom stereocenters. The molecule has 3 aromatic carbocycles. The number of benzene rings is 3. The Morgan fingerprint density at radius 3 is 1.72 bits per heavy atom. The Bertz CT molecular complexity index is 1050. The molecular formula is C30H35NO5. The lowest BCUT2D eigenvalue weighted by Gasteiger charge is -2.45. The molecule has 0 bridgehead atoms. The molecule has 2 unspecified atom stereocenters. The van der Waals surface area contributed by atoms with Gasteiger partial charge >= 0.3 is 0 Å². The van der Waals surface area contributed by atoms with Crippen molar-refractivity contribution in [2.75, 3.05) is 6.61 Å². The van der Waals surface area contributed by atoms with Gasteiger partial charge in [0.1, 0.15) is 18.3 Å². The lowest BCUT2D eigenvalue weighted by Crippen LogP contribution is -2.64. The summed E-state index contributed by atoms with van der Waals surface area (Å²) in [5, 5.41) is 3.04. The second-order valence-electron chi connectivity index (χ2n) is 9.13. The van der Waals surface area contributed by atoms with Crippen LogP contribution in [0.15, 0.2) is 91.0 Å². The predicted octanol–water partition coefficient (Wildman–Crippen LogP) is 4.67. The largest absolute Gasteiger partial charge is 0.374 e. The van der Waals surface area contributed by atoms with Crippen LogP contribution in [0.2, 0.25) is 0 Å². The zero-order chi connectivity index (χ0) is 25.2. The smallest absolute Gasteiger partial charge is 0.217 e. The third-order valence-corrected chi connectivity index (χ3v) is 6.27. The van der Waals surface area contributed by atoms with Crippen LogP contribution in [-0.2, 0) is 43.6 Å². The summed E-state index contributed by atoms with van der Waals surface area (Å²) in [6.45, 7) is 5.09. The number of ether oxygens (including phenoxy) is 4. The van der Waals surface area contributed by atoms with Gasteiger partial charge in [0.05, 0.1) is 38.6 Å². The number of hydrogen-bond donors (Lipinski definition) is 1. The van der Waals surface area contributed by atoms with E-state index in [2.05, 4.69) is 5.32 Å². The highest BCUT2D eigenvalue weighted by Gasteiger charge is 2.46. The van der Waals surface area contributed by atoms with Gasteiger partial charge in [0.2, 0.25) is 5.91 Å². The number of hydrogen-bond acceptors (Lipinski definition) is 5. The third-order valence-electron chi connectivity index (χ3n) is 6.27. The van der Waals surface area contributed by atoms with Crippen LogP contribution in [0, 0.1) is 0 Å². The van der Waals surface area contributed by atoms with Gasteiger partial charge in [-0.05, 0) is 23.6 Å². The van der Waals surface area contributed by atoms with Gasteiger partial charge in [0, 0.05) is 6.92 Å². The fourth-order valence-corrected chi connectivity index (χ4v) is 4.49. The Morgan fingerprint density at radius 1 is 0.750 bits per heavy atom. The summed E-state index contributed by atoms with van der Waals surface area (Å²) >= 11 is 0. The first kappa shape index (κ1) is 26.0. The second kappa shape index (κ2) is 13.3. The molecule has 1 aliphatic heterocycles. The molecule has 36 heavy (non-hydrogen) atoms. The maximum absolute atomic E-state index is 12.1. The van der Waals surface area contributed by atoms with Gasteiger partial charge in [0.15, 0.2) is 0 Å². The maximum atomic E-state index is 12.1. The molecule has 0 aromatic heterocycles. The molecule has 0 radical (unpaired) electrons. The van der Waals surface area contributed by atoms with Gasteiger partial charge in [-0.25, -0.2) is 0 Å². The molecule has 1 aliphatic rings. The normalized spacial score (nSPS) is 23.8. The standard InChI is InChI=1S/C30H35NO5/c1-22-28(31-23(2)32)30(35-20-26-16-10-5-11-17-26)29(34-19-25-14-8-4-9-15-25)27(36-22)21-33-18-24-12-6-3-7-13-24/h3-17,22,27-30H,18-21H2,1-2H3,(H,31,32)/t22-,27?,28?,29+,30+/m0/s1. The van der Waals surface area contributed by atoms with E-state index in [4.69, 9.17) is 18.9 Å². The molecule has 6 heteroatoms. The van der Waals surface area contributed by atoms with Gasteiger partial charge in [-0.2, -0.15) is 0 Å². The van der Waals surface area contributed by atoms with Crippen molar-refractivity contribution in [1.82, 2.24) is 5.32 Å². The van der Waals surface area contributed by atoms with Gasteiger partial charge < -0.3 is 24.3 Å². The SMILES string of the molecule is CC(=O)NC1[C@H](C)OC(COCc2ccccc2)[C@@H](OCc2ccccc2)[C@@H]1OCc1ccccc1. The maximum Gasteiger partial charge on any atom is 0.217 e. The summed E-state index contributed by atoms with van der Waals surface area (Å²) in [7, 11) is 0. The lowest BCUT2D eigenvalue weighted by molar-refractivity contribution is -0.229. The van der Waals surface area contributed by atoms with E-state index in [0.29, 0.717) is 26.4 Å². The molecule has 190 valence electrons. The molecule has 1 N–H and O–H groups in total. The highest BCUT2D eigenvalue weighted by atomic mass is 16.6. The summed E-state index contributed by atoms with van der Waals surface area (Å²) in [5.41, 5.74) is 3.20. The van der Waals surface area contributed by atoms with Gasteiger partial charge in [0.25, 0.3) is 0 Å². The van der Waals surface area contributed by atoms with E-state index in [0.717, 1.165) is 16.7 Å². The molecule has 3 aromatic rings. The molecule has 0 aliphatic carbocycles. The van der Waals surface area contributed by atoms with Crippen molar-refractivity contribution < 1.29 is 23.7 Å². The van der Waals surface area contributed by atoms with Crippen molar-refractivity contribution in [1.29, 1.82) is 0 Å². The number of rotatable bonds is 11. The molecule has 0 spiro atoms. The first-order valence-corrected chi connectivity index (χ1v) is 12.5. The molecule has 0 saturated carbocycles. The Kier molecular flexibility index (Phi) is 9.64. The first-order valence-electron chi connectivity index (χ1n) is 12.5. The molecule has 4 rings (SSSR count). The van der Waals surface area contributed by atoms with Crippen LogP contribution >= 0.6 is 0 Å². The van der Waals surface area contributed by atoms with Crippen LogP contribution < -0.4 is 5.32 Å². The van der Waals surface area contributed by atoms with E-state index in [9.17, 15) is 4.79 Å². The lowest BCUT2D eigenvalue weighted by atomic mass is 9.92. The van der Waals surface area contributed by atoms with Crippen molar-refractivity contribution >= 4 is 5.91 Å². The Labute approximate surface area is 213 Å². The number of nitrogens with one attached hydrogen (secondary N) is 1. The fourth-order valence-electron chi connectivity index (χ4n) is 4.49. The van der Waals surface area contributed by atoms with E-state index < -0.39 is 12.2 Å². The van der Waals surface area contributed by atoms with E-state index in [1.807, 2.05) is 97.9 Å². The zero-order valence-electron chi connectivity index (χ0n) is 20.9. The van der Waals surface area contributed by atoms with Gasteiger partial charge in [-0.15, -0.1) is 0 Å². The van der Waals surface area contributed by atoms with E-state index in [1.54, 1.807) is 0 Å². The minimum atomic E-state index is -0.447. The van der Waals surface area contributed by atoms with Crippen molar-refractivity contribution in [3.8, 4) is 0 Å². The number of carbonyl (C=O) groups excluding carboxylic acids is 1. The summed E-state index contributed by atoms with van der Waals surface area (Å²) in [6, 6.07) is 29.7. The molecule has 1 saturated heterocycles. The van der Waals surface area contributed by atoms with Crippen LogP contribution in [0.25, 0.3) is 0 Å². The van der Waals surface area contributed by atoms with Crippen molar-refractivity contribution in [2.24, 2.45) is 0 Å². The number of carbonyl (C=O) groups is 1. The highest BCUT2D eigenvalue weighted by Crippen LogP contribution is 2.28. The predicted molar refractivity (Wildman–Crippen MR) is 138 cm³/mol. The van der Waals surface area contributed by atoms with Crippen molar-refractivity contribution in [3.05, 3.63) is 108 Å². The molecular weight excluding hydrogens is 454 g/mol. The van der Waals surface area contributed by atoms with Crippen LogP contribution in [-0.4, -0.2) is 43.0 Å². The van der Waals surface area contributed by atoms with E-state index in [-0.39, 0.29) is 24.2 Å². The molecule has 1 fully saturated rings. The Morgan fingerprint density at radius 2 is 1.22 bits per heavy atom. The van der Waals surface area contributed by atoms with Crippen molar-refractivity contribution in [2.45, 2.75) is 64.1 Å². The van der Waals surface area contributed by atoms with Gasteiger partial charge in [-0.3, -0.25) is 4.79 Å². The minimum Gasteiger partial charge on any atom is -0.374 e. The highest BCUT2D eigenvalue weighted by molar-refractivity contribution is 5.73. The molecule has 1 amide bonds.